The van der Waals surface area contributed by atoms with Crippen molar-refractivity contribution in [2.75, 3.05) is 5.32 Å². The van der Waals surface area contributed by atoms with E-state index in [1.54, 1.807) is 11.3 Å². The zero-order chi connectivity index (χ0) is 13.7. The number of nitrogens with zero attached hydrogens (tertiary/aromatic N) is 1. The Morgan fingerprint density at radius 3 is 3.00 bits per heavy atom. The summed E-state index contributed by atoms with van der Waals surface area (Å²) < 4.78 is 0. The fourth-order valence-electron chi connectivity index (χ4n) is 1.75. The first-order valence-corrected chi connectivity index (χ1v) is 6.97. The molecule has 0 saturated carbocycles. The number of aryl methyl sites for hydroxylation is 2. The van der Waals surface area contributed by atoms with Crippen LogP contribution in [-0.4, -0.2) is 16.1 Å². The molecule has 1 heterocycles. The number of benzene rings is 1. The molecule has 5 heteroatoms. The van der Waals surface area contributed by atoms with Gasteiger partial charge in [0.05, 0.1) is 6.54 Å². The normalized spacial score (nSPS) is 10.4. The molecule has 0 aliphatic rings. The maximum atomic E-state index is 10.5. The summed E-state index contributed by atoms with van der Waals surface area (Å²) in [5, 5.41) is 15.1. The molecule has 19 heavy (non-hydrogen) atoms. The van der Waals surface area contributed by atoms with E-state index in [9.17, 15) is 4.79 Å². The smallest absolute Gasteiger partial charge is 0.303 e. The first-order chi connectivity index (χ1) is 9.13. The van der Waals surface area contributed by atoms with E-state index in [1.165, 1.54) is 0 Å². The SMILES string of the molecule is Cc1csc(CNc2cccc(CCC(=O)O)c2)n1. The van der Waals surface area contributed by atoms with E-state index in [0.717, 1.165) is 22.0 Å². The summed E-state index contributed by atoms with van der Waals surface area (Å²) in [6, 6.07) is 7.85. The Morgan fingerprint density at radius 1 is 1.47 bits per heavy atom. The molecule has 0 radical (unpaired) electrons. The first kappa shape index (κ1) is 13.5. The van der Waals surface area contributed by atoms with Crippen LogP contribution < -0.4 is 5.32 Å². The van der Waals surface area contributed by atoms with Gasteiger partial charge in [-0.2, -0.15) is 0 Å². The minimum atomic E-state index is -0.767. The second-order valence-corrected chi connectivity index (χ2v) is 5.27. The van der Waals surface area contributed by atoms with Crippen LogP contribution in [0.25, 0.3) is 0 Å². The summed E-state index contributed by atoms with van der Waals surface area (Å²) in [4.78, 5) is 14.9. The van der Waals surface area contributed by atoms with E-state index in [-0.39, 0.29) is 6.42 Å². The molecule has 2 N–H and O–H groups in total. The van der Waals surface area contributed by atoms with Crippen LogP contribution in [0.3, 0.4) is 0 Å². The largest absolute Gasteiger partial charge is 0.481 e. The van der Waals surface area contributed by atoms with Gasteiger partial charge in [-0.15, -0.1) is 11.3 Å². The Kier molecular flexibility index (Phi) is 4.52. The standard InChI is InChI=1S/C14H16N2O2S/c1-10-9-19-13(16-10)8-15-12-4-2-3-11(7-12)5-6-14(17)18/h2-4,7,9,15H,5-6,8H2,1H3,(H,17,18). The van der Waals surface area contributed by atoms with Gasteiger partial charge in [0.25, 0.3) is 0 Å². The number of hydrogen-bond donors (Lipinski definition) is 2. The Balaban J connectivity index is 1.93. The number of rotatable bonds is 6. The second kappa shape index (κ2) is 6.33. The lowest BCUT2D eigenvalue weighted by Gasteiger charge is -2.06. The molecule has 0 fully saturated rings. The van der Waals surface area contributed by atoms with Gasteiger partial charge >= 0.3 is 5.97 Å². The molecule has 0 unspecified atom stereocenters. The number of carboxylic acids is 1. The van der Waals surface area contributed by atoms with Crippen molar-refractivity contribution >= 4 is 23.0 Å². The van der Waals surface area contributed by atoms with Gasteiger partial charge in [-0.05, 0) is 31.0 Å². The first-order valence-electron chi connectivity index (χ1n) is 6.09. The molecule has 0 aliphatic heterocycles. The summed E-state index contributed by atoms with van der Waals surface area (Å²) in [5.41, 5.74) is 3.07. The van der Waals surface area contributed by atoms with Crippen molar-refractivity contribution in [2.24, 2.45) is 0 Å². The van der Waals surface area contributed by atoms with Crippen molar-refractivity contribution < 1.29 is 9.90 Å². The number of aromatic nitrogens is 1. The molecule has 1 aromatic heterocycles. The highest BCUT2D eigenvalue weighted by molar-refractivity contribution is 7.09. The van der Waals surface area contributed by atoms with Gasteiger partial charge in [0.15, 0.2) is 0 Å². The summed E-state index contributed by atoms with van der Waals surface area (Å²) >= 11 is 1.64. The Morgan fingerprint density at radius 2 is 2.32 bits per heavy atom. The van der Waals surface area contributed by atoms with Crippen molar-refractivity contribution in [1.29, 1.82) is 0 Å². The van der Waals surface area contributed by atoms with Crippen LogP contribution in [0, 0.1) is 6.92 Å². The van der Waals surface area contributed by atoms with E-state index < -0.39 is 5.97 Å². The fraction of sp³-hybridized carbons (Fsp3) is 0.286. The number of nitrogens with one attached hydrogen (secondary N) is 1. The summed E-state index contributed by atoms with van der Waals surface area (Å²) in [6.45, 7) is 2.67. The molecule has 0 aliphatic carbocycles. The van der Waals surface area contributed by atoms with Crippen LogP contribution in [0.1, 0.15) is 22.7 Å². The lowest BCUT2D eigenvalue weighted by atomic mass is 10.1. The number of hydrogen-bond acceptors (Lipinski definition) is 4. The molecule has 0 saturated heterocycles. The Labute approximate surface area is 116 Å². The average molecular weight is 276 g/mol. The predicted octanol–water partition coefficient (Wildman–Crippen LogP) is 3.08. The maximum absolute atomic E-state index is 10.5. The lowest BCUT2D eigenvalue weighted by molar-refractivity contribution is -0.136. The monoisotopic (exact) mass is 276 g/mol. The van der Waals surface area contributed by atoms with Gasteiger partial charge in [0.2, 0.25) is 0 Å². The maximum Gasteiger partial charge on any atom is 0.303 e. The highest BCUT2D eigenvalue weighted by atomic mass is 32.1. The fourth-order valence-corrected chi connectivity index (χ4v) is 2.46. The topological polar surface area (TPSA) is 62.2 Å². The number of anilines is 1. The lowest BCUT2D eigenvalue weighted by Crippen LogP contribution is -2.01. The zero-order valence-electron chi connectivity index (χ0n) is 10.7. The summed E-state index contributed by atoms with van der Waals surface area (Å²) in [5.74, 6) is -0.767. The molecule has 2 rings (SSSR count). The number of carboxylic acid groups (broad SMARTS) is 1. The molecule has 1 aromatic carbocycles. The third kappa shape index (κ3) is 4.37. The third-order valence-corrected chi connectivity index (χ3v) is 3.63. The van der Waals surface area contributed by atoms with E-state index >= 15 is 0 Å². The van der Waals surface area contributed by atoms with Gasteiger partial charge in [0, 0.05) is 23.2 Å². The molecule has 0 atom stereocenters. The highest BCUT2D eigenvalue weighted by Crippen LogP contribution is 2.15. The molecule has 100 valence electrons. The molecule has 2 aromatic rings. The van der Waals surface area contributed by atoms with Crippen LogP contribution in [0.2, 0.25) is 0 Å². The van der Waals surface area contributed by atoms with Crippen LogP contribution in [0.15, 0.2) is 29.6 Å². The molecule has 0 amide bonds. The van der Waals surface area contributed by atoms with Crippen molar-refractivity contribution in [1.82, 2.24) is 4.98 Å². The van der Waals surface area contributed by atoms with E-state index in [0.29, 0.717) is 13.0 Å². The number of carbonyl (C=O) groups is 1. The van der Waals surface area contributed by atoms with Crippen LogP contribution >= 0.6 is 11.3 Å². The van der Waals surface area contributed by atoms with Gasteiger partial charge in [-0.1, -0.05) is 12.1 Å². The zero-order valence-corrected chi connectivity index (χ0v) is 11.5. The van der Waals surface area contributed by atoms with Gasteiger partial charge < -0.3 is 10.4 Å². The number of thiazole rings is 1. The highest BCUT2D eigenvalue weighted by Gasteiger charge is 2.02. The minimum Gasteiger partial charge on any atom is -0.481 e. The molecular formula is C14H16N2O2S. The van der Waals surface area contributed by atoms with Crippen molar-refractivity contribution in [3.63, 3.8) is 0 Å². The predicted molar refractivity (Wildman–Crippen MR) is 76.6 cm³/mol. The molecule has 0 bridgehead atoms. The van der Waals surface area contributed by atoms with E-state index in [2.05, 4.69) is 10.3 Å². The Hall–Kier alpha value is -1.88. The summed E-state index contributed by atoms with van der Waals surface area (Å²) in [7, 11) is 0. The van der Waals surface area contributed by atoms with Gasteiger partial charge in [-0.3, -0.25) is 4.79 Å². The van der Waals surface area contributed by atoms with Gasteiger partial charge in [-0.25, -0.2) is 4.98 Å². The molecule has 4 nitrogen and oxygen atoms in total. The molecular weight excluding hydrogens is 260 g/mol. The van der Waals surface area contributed by atoms with E-state index in [1.807, 2.05) is 36.6 Å². The van der Waals surface area contributed by atoms with Crippen LogP contribution in [-0.2, 0) is 17.8 Å². The van der Waals surface area contributed by atoms with Gasteiger partial charge in [0.1, 0.15) is 5.01 Å². The average Bonchev–Trinajstić information content (AvgIpc) is 2.80. The third-order valence-electron chi connectivity index (χ3n) is 2.66. The quantitative estimate of drug-likeness (QED) is 0.851. The van der Waals surface area contributed by atoms with Crippen molar-refractivity contribution in [3.8, 4) is 0 Å². The second-order valence-electron chi connectivity index (χ2n) is 4.33. The van der Waals surface area contributed by atoms with Crippen molar-refractivity contribution in [3.05, 3.63) is 45.9 Å². The van der Waals surface area contributed by atoms with Crippen LogP contribution in [0.5, 0.6) is 0 Å². The molecule has 0 spiro atoms. The van der Waals surface area contributed by atoms with E-state index in [4.69, 9.17) is 5.11 Å². The summed E-state index contributed by atoms with van der Waals surface area (Å²) in [6.07, 6.45) is 0.719. The van der Waals surface area contributed by atoms with Crippen molar-refractivity contribution in [2.45, 2.75) is 26.3 Å². The minimum absolute atomic E-state index is 0.162. The Bertz CT molecular complexity index is 566. The van der Waals surface area contributed by atoms with Crippen LogP contribution in [0.4, 0.5) is 5.69 Å². The number of aliphatic carboxylic acids is 1.